The van der Waals surface area contributed by atoms with Gasteiger partial charge in [0.2, 0.25) is 0 Å². The van der Waals surface area contributed by atoms with E-state index in [9.17, 15) is 4.79 Å². The van der Waals surface area contributed by atoms with Crippen LogP contribution < -0.4 is 10.6 Å². The molecule has 0 aromatic heterocycles. The first-order valence-corrected chi connectivity index (χ1v) is 9.79. The SMILES string of the molecule is C[C@H]([NH2+]CC(=O)NC12CC3CC(CC(C3)C1)C2)c1cccc(Cl)c1. The molecule has 0 radical (unpaired) electrons. The Kier molecular flexibility index (Phi) is 4.34. The average Bonchev–Trinajstić information content (AvgIpc) is 2.50. The van der Waals surface area contributed by atoms with Crippen molar-refractivity contribution in [3.05, 3.63) is 34.9 Å². The van der Waals surface area contributed by atoms with Gasteiger partial charge in [-0.3, -0.25) is 4.79 Å². The van der Waals surface area contributed by atoms with Gasteiger partial charge in [0.1, 0.15) is 6.04 Å². The molecule has 0 saturated heterocycles. The van der Waals surface area contributed by atoms with E-state index in [-0.39, 0.29) is 17.5 Å². The lowest BCUT2D eigenvalue weighted by molar-refractivity contribution is -0.682. The molecule has 3 N–H and O–H groups in total. The summed E-state index contributed by atoms with van der Waals surface area (Å²) in [4.78, 5) is 12.6. The molecule has 4 aliphatic rings. The summed E-state index contributed by atoms with van der Waals surface area (Å²) in [6.45, 7) is 2.62. The van der Waals surface area contributed by atoms with Crippen LogP contribution in [-0.4, -0.2) is 18.0 Å². The summed E-state index contributed by atoms with van der Waals surface area (Å²) in [6.07, 6.45) is 7.88. The Morgan fingerprint density at radius 1 is 1.25 bits per heavy atom. The number of rotatable bonds is 5. The van der Waals surface area contributed by atoms with Crippen LogP contribution in [0.1, 0.15) is 57.1 Å². The zero-order valence-corrected chi connectivity index (χ0v) is 15.2. The van der Waals surface area contributed by atoms with E-state index in [0.717, 1.165) is 22.8 Å². The third kappa shape index (κ3) is 3.34. The largest absolute Gasteiger partial charge is 0.346 e. The van der Waals surface area contributed by atoms with Gasteiger partial charge in [-0.1, -0.05) is 23.7 Å². The van der Waals surface area contributed by atoms with Crippen LogP contribution in [0.25, 0.3) is 0 Å². The molecule has 4 heteroatoms. The van der Waals surface area contributed by atoms with Crippen molar-refractivity contribution in [1.82, 2.24) is 5.32 Å². The van der Waals surface area contributed by atoms with Crippen LogP contribution in [0.15, 0.2) is 24.3 Å². The highest BCUT2D eigenvalue weighted by atomic mass is 35.5. The molecule has 130 valence electrons. The molecule has 0 aliphatic heterocycles. The van der Waals surface area contributed by atoms with Crippen molar-refractivity contribution >= 4 is 17.5 Å². The number of quaternary nitrogens is 1. The molecule has 0 unspecified atom stereocenters. The highest BCUT2D eigenvalue weighted by Crippen LogP contribution is 2.55. The van der Waals surface area contributed by atoms with Gasteiger partial charge in [-0.25, -0.2) is 0 Å². The smallest absolute Gasteiger partial charge is 0.275 e. The molecule has 4 fully saturated rings. The number of carbonyl (C=O) groups excluding carboxylic acids is 1. The molecule has 0 spiro atoms. The van der Waals surface area contributed by atoms with Crippen LogP contribution in [0.3, 0.4) is 0 Å². The van der Waals surface area contributed by atoms with Crippen LogP contribution in [0.4, 0.5) is 0 Å². The van der Waals surface area contributed by atoms with Crippen LogP contribution in [-0.2, 0) is 4.79 Å². The summed E-state index contributed by atoms with van der Waals surface area (Å²) in [5, 5.41) is 6.31. The van der Waals surface area contributed by atoms with E-state index in [2.05, 4.69) is 23.6 Å². The second kappa shape index (κ2) is 6.34. The topological polar surface area (TPSA) is 45.7 Å². The fourth-order valence-corrected chi connectivity index (χ4v) is 6.02. The predicted molar refractivity (Wildman–Crippen MR) is 95.7 cm³/mol. The molecule has 1 aromatic carbocycles. The maximum absolute atomic E-state index is 12.6. The number of hydrogen-bond acceptors (Lipinski definition) is 1. The normalized spacial score (nSPS) is 35.0. The summed E-state index contributed by atoms with van der Waals surface area (Å²) in [7, 11) is 0. The lowest BCUT2D eigenvalue weighted by Crippen LogP contribution is -2.87. The molecule has 1 atom stereocenters. The van der Waals surface area contributed by atoms with Gasteiger partial charge in [0.05, 0.1) is 0 Å². The van der Waals surface area contributed by atoms with Gasteiger partial charge in [-0.2, -0.15) is 0 Å². The second-order valence-corrected chi connectivity index (χ2v) is 8.97. The minimum Gasteiger partial charge on any atom is -0.346 e. The lowest BCUT2D eigenvalue weighted by Gasteiger charge is -2.56. The molecular formula is C20H28ClN2O+. The Bertz CT molecular complexity index is 595. The fourth-order valence-electron chi connectivity index (χ4n) is 5.82. The molecular weight excluding hydrogens is 320 g/mol. The van der Waals surface area contributed by atoms with Gasteiger partial charge in [0.15, 0.2) is 6.54 Å². The van der Waals surface area contributed by atoms with E-state index in [0.29, 0.717) is 6.54 Å². The summed E-state index contributed by atoms with van der Waals surface area (Å²) in [5.74, 6) is 2.80. The standard InChI is InChI=1S/C20H27ClN2O/c1-13(17-3-2-4-18(21)8-17)22-12-19(24)23-20-9-14-5-15(10-20)7-16(6-14)11-20/h2-4,8,13-16,22H,5-7,9-12H2,1H3,(H,23,24)/p+1/t13-,14?,15?,16?,20?/m0/s1. The Morgan fingerprint density at radius 3 is 2.46 bits per heavy atom. The van der Waals surface area contributed by atoms with E-state index < -0.39 is 0 Å². The third-order valence-electron chi connectivity index (χ3n) is 6.47. The Morgan fingerprint density at radius 2 is 1.88 bits per heavy atom. The quantitative estimate of drug-likeness (QED) is 0.844. The molecule has 4 saturated carbocycles. The number of benzene rings is 1. The third-order valence-corrected chi connectivity index (χ3v) is 6.71. The number of nitrogens with one attached hydrogen (secondary N) is 1. The van der Waals surface area contributed by atoms with Crippen molar-refractivity contribution in [2.24, 2.45) is 17.8 Å². The van der Waals surface area contributed by atoms with Crippen molar-refractivity contribution in [3.63, 3.8) is 0 Å². The second-order valence-electron chi connectivity index (χ2n) is 8.53. The maximum Gasteiger partial charge on any atom is 0.275 e. The molecule has 24 heavy (non-hydrogen) atoms. The monoisotopic (exact) mass is 347 g/mol. The number of nitrogens with two attached hydrogens (primary N) is 1. The minimum atomic E-state index is 0.124. The first-order valence-electron chi connectivity index (χ1n) is 9.41. The maximum atomic E-state index is 12.6. The summed E-state index contributed by atoms with van der Waals surface area (Å²) in [5.41, 5.74) is 1.30. The summed E-state index contributed by atoms with van der Waals surface area (Å²) < 4.78 is 0. The molecule has 0 heterocycles. The molecule has 1 amide bonds. The van der Waals surface area contributed by atoms with Crippen LogP contribution in [0, 0.1) is 17.8 Å². The predicted octanol–water partition coefficient (Wildman–Crippen LogP) is 3.05. The highest BCUT2D eigenvalue weighted by Gasteiger charge is 2.51. The average molecular weight is 348 g/mol. The molecule has 4 bridgehead atoms. The van der Waals surface area contributed by atoms with Crippen molar-refractivity contribution in [2.75, 3.05) is 6.54 Å². The van der Waals surface area contributed by atoms with Crippen molar-refractivity contribution in [2.45, 2.75) is 57.0 Å². The van der Waals surface area contributed by atoms with Crippen LogP contribution in [0.5, 0.6) is 0 Å². The van der Waals surface area contributed by atoms with E-state index >= 15 is 0 Å². The van der Waals surface area contributed by atoms with Crippen molar-refractivity contribution in [1.29, 1.82) is 0 Å². The van der Waals surface area contributed by atoms with E-state index in [1.54, 1.807) is 0 Å². The van der Waals surface area contributed by atoms with Crippen LogP contribution in [0.2, 0.25) is 5.02 Å². The molecule has 1 aromatic rings. The minimum absolute atomic E-state index is 0.124. The molecule has 4 aliphatic carbocycles. The lowest BCUT2D eigenvalue weighted by atomic mass is 9.53. The van der Waals surface area contributed by atoms with Gasteiger partial charge in [-0.15, -0.1) is 0 Å². The fraction of sp³-hybridized carbons (Fsp3) is 0.650. The summed E-state index contributed by atoms with van der Waals surface area (Å²) in [6, 6.07) is 8.16. The first-order chi connectivity index (χ1) is 11.5. The highest BCUT2D eigenvalue weighted by molar-refractivity contribution is 6.30. The van der Waals surface area contributed by atoms with Gasteiger partial charge >= 0.3 is 0 Å². The van der Waals surface area contributed by atoms with Crippen molar-refractivity contribution in [3.8, 4) is 0 Å². The zero-order valence-electron chi connectivity index (χ0n) is 14.4. The van der Waals surface area contributed by atoms with Gasteiger partial charge in [-0.05, 0) is 75.3 Å². The Balaban J connectivity index is 1.32. The van der Waals surface area contributed by atoms with Gasteiger partial charge < -0.3 is 10.6 Å². The Labute approximate surface area is 149 Å². The Hall–Kier alpha value is -1.06. The van der Waals surface area contributed by atoms with E-state index in [4.69, 9.17) is 11.6 Å². The van der Waals surface area contributed by atoms with Gasteiger partial charge in [0, 0.05) is 16.1 Å². The number of amides is 1. The molecule has 3 nitrogen and oxygen atoms in total. The van der Waals surface area contributed by atoms with Crippen molar-refractivity contribution < 1.29 is 10.1 Å². The molecule has 5 rings (SSSR count). The van der Waals surface area contributed by atoms with E-state index in [1.165, 1.54) is 44.1 Å². The summed E-state index contributed by atoms with van der Waals surface area (Å²) >= 11 is 6.06. The van der Waals surface area contributed by atoms with Gasteiger partial charge in [0.25, 0.3) is 5.91 Å². The van der Waals surface area contributed by atoms with Crippen LogP contribution >= 0.6 is 11.6 Å². The number of carbonyl (C=O) groups is 1. The number of hydrogen-bond donors (Lipinski definition) is 2. The number of halogens is 1. The van der Waals surface area contributed by atoms with E-state index in [1.807, 2.05) is 18.2 Å². The zero-order chi connectivity index (χ0) is 16.7. The first kappa shape index (κ1) is 16.4.